The molecule has 132 valence electrons. The van der Waals surface area contributed by atoms with Crippen molar-refractivity contribution in [1.82, 2.24) is 19.7 Å². The van der Waals surface area contributed by atoms with Gasteiger partial charge in [-0.05, 0) is 38.0 Å². The van der Waals surface area contributed by atoms with Crippen molar-refractivity contribution in [2.75, 3.05) is 5.32 Å². The molecule has 4 rings (SSSR count). The van der Waals surface area contributed by atoms with Gasteiger partial charge in [-0.25, -0.2) is 23.4 Å². The van der Waals surface area contributed by atoms with Gasteiger partial charge in [0.2, 0.25) is 5.91 Å². The highest BCUT2D eigenvalue weighted by atomic mass is 19.1. The zero-order chi connectivity index (χ0) is 18.3. The van der Waals surface area contributed by atoms with Crippen LogP contribution in [0.5, 0.6) is 0 Å². The number of benzene rings is 1. The average molecular weight is 355 g/mol. The first-order valence-electron chi connectivity index (χ1n) is 8.11. The van der Waals surface area contributed by atoms with E-state index in [4.69, 9.17) is 0 Å². The quantitative estimate of drug-likeness (QED) is 0.781. The third-order valence-electron chi connectivity index (χ3n) is 4.45. The fourth-order valence-corrected chi connectivity index (χ4v) is 2.89. The van der Waals surface area contributed by atoms with E-state index < -0.39 is 17.0 Å². The van der Waals surface area contributed by atoms with Crippen LogP contribution in [0.4, 0.5) is 14.6 Å². The molecule has 1 aromatic carbocycles. The molecule has 6 nitrogen and oxygen atoms in total. The second-order valence-electron chi connectivity index (χ2n) is 6.29. The van der Waals surface area contributed by atoms with Crippen molar-refractivity contribution in [3.63, 3.8) is 0 Å². The highest BCUT2D eigenvalue weighted by Crippen LogP contribution is 2.47. The van der Waals surface area contributed by atoms with Crippen LogP contribution in [0, 0.1) is 18.6 Å². The van der Waals surface area contributed by atoms with Crippen molar-refractivity contribution in [2.45, 2.75) is 25.2 Å². The van der Waals surface area contributed by atoms with Gasteiger partial charge < -0.3 is 5.32 Å². The molecular weight excluding hydrogens is 340 g/mol. The Hall–Kier alpha value is -3.16. The first kappa shape index (κ1) is 16.3. The van der Waals surface area contributed by atoms with Crippen molar-refractivity contribution < 1.29 is 13.6 Å². The average Bonchev–Trinajstić information content (AvgIpc) is 3.36. The van der Waals surface area contributed by atoms with Gasteiger partial charge in [0, 0.05) is 30.2 Å². The van der Waals surface area contributed by atoms with E-state index in [0.717, 1.165) is 12.1 Å². The van der Waals surface area contributed by atoms with Gasteiger partial charge in [0.05, 0.1) is 0 Å². The number of rotatable bonds is 4. The highest BCUT2D eigenvalue weighted by molar-refractivity contribution is 6.00. The van der Waals surface area contributed by atoms with Crippen LogP contribution in [0.2, 0.25) is 0 Å². The van der Waals surface area contributed by atoms with Gasteiger partial charge in [-0.3, -0.25) is 4.79 Å². The van der Waals surface area contributed by atoms with Crippen molar-refractivity contribution in [2.24, 2.45) is 0 Å². The second-order valence-corrected chi connectivity index (χ2v) is 6.29. The standard InChI is InChI=1S/C18H15F2N5O/c1-11-9-15(24-25(11)14-4-3-12(19)10-13(14)20)23-17(26)18(5-6-18)16-21-7-2-8-22-16/h2-4,7-10H,5-6H2,1H3,(H,23,24,26). The summed E-state index contributed by atoms with van der Waals surface area (Å²) in [5.74, 6) is -0.863. The zero-order valence-corrected chi connectivity index (χ0v) is 13.9. The minimum Gasteiger partial charge on any atom is -0.308 e. The smallest absolute Gasteiger partial charge is 0.239 e. The van der Waals surface area contributed by atoms with Crippen LogP contribution in [0.15, 0.2) is 42.7 Å². The molecule has 1 aliphatic carbocycles. The molecule has 0 aliphatic heterocycles. The summed E-state index contributed by atoms with van der Waals surface area (Å²) in [6.07, 6.45) is 4.53. The van der Waals surface area contributed by atoms with Crippen LogP contribution in [0.1, 0.15) is 24.4 Å². The number of nitrogens with one attached hydrogen (secondary N) is 1. The fraction of sp³-hybridized carbons (Fsp3) is 0.222. The lowest BCUT2D eigenvalue weighted by Gasteiger charge is -2.12. The SMILES string of the molecule is Cc1cc(NC(=O)C2(c3ncccn3)CC2)nn1-c1ccc(F)cc1F. The number of carbonyl (C=O) groups excluding carboxylic acids is 1. The maximum absolute atomic E-state index is 14.0. The summed E-state index contributed by atoms with van der Waals surface area (Å²) in [7, 11) is 0. The van der Waals surface area contributed by atoms with Crippen LogP contribution in [-0.4, -0.2) is 25.7 Å². The molecule has 0 radical (unpaired) electrons. The number of anilines is 1. The zero-order valence-electron chi connectivity index (χ0n) is 13.9. The molecule has 2 aromatic heterocycles. The minimum atomic E-state index is -0.736. The van der Waals surface area contributed by atoms with Crippen molar-refractivity contribution >= 4 is 11.7 Å². The number of amides is 1. The van der Waals surface area contributed by atoms with Crippen LogP contribution in [0.25, 0.3) is 5.69 Å². The lowest BCUT2D eigenvalue weighted by molar-refractivity contribution is -0.118. The number of carbonyl (C=O) groups is 1. The van der Waals surface area contributed by atoms with E-state index in [1.807, 2.05) is 0 Å². The van der Waals surface area contributed by atoms with E-state index in [1.54, 1.807) is 31.5 Å². The predicted octanol–water partition coefficient (Wildman–Crippen LogP) is 2.92. The Bertz CT molecular complexity index is 983. The Balaban J connectivity index is 1.60. The molecule has 1 N–H and O–H groups in total. The molecule has 1 saturated carbocycles. The van der Waals surface area contributed by atoms with Gasteiger partial charge in [-0.15, -0.1) is 5.10 Å². The fourth-order valence-electron chi connectivity index (χ4n) is 2.89. The summed E-state index contributed by atoms with van der Waals surface area (Å²) < 4.78 is 28.4. The van der Waals surface area contributed by atoms with Gasteiger partial charge in [-0.1, -0.05) is 0 Å². The number of nitrogens with zero attached hydrogens (tertiary/aromatic N) is 4. The number of halogens is 2. The summed E-state index contributed by atoms with van der Waals surface area (Å²) in [5.41, 5.74) is -0.0244. The first-order chi connectivity index (χ1) is 12.5. The van der Waals surface area contributed by atoms with Gasteiger partial charge >= 0.3 is 0 Å². The molecule has 0 saturated heterocycles. The highest BCUT2D eigenvalue weighted by Gasteiger charge is 2.54. The Morgan fingerprint density at radius 1 is 1.19 bits per heavy atom. The molecule has 1 fully saturated rings. The molecule has 3 aromatic rings. The van der Waals surface area contributed by atoms with Crippen LogP contribution in [-0.2, 0) is 10.2 Å². The summed E-state index contributed by atoms with van der Waals surface area (Å²) >= 11 is 0. The number of aromatic nitrogens is 4. The maximum Gasteiger partial charge on any atom is 0.239 e. The topological polar surface area (TPSA) is 72.7 Å². The molecule has 8 heteroatoms. The lowest BCUT2D eigenvalue weighted by Crippen LogP contribution is -2.29. The normalized spacial score (nSPS) is 14.9. The van der Waals surface area contributed by atoms with Gasteiger partial charge in [0.25, 0.3) is 0 Å². The predicted molar refractivity (Wildman–Crippen MR) is 89.8 cm³/mol. The Morgan fingerprint density at radius 2 is 1.92 bits per heavy atom. The number of aryl methyl sites for hydroxylation is 1. The van der Waals surface area contributed by atoms with Crippen molar-refractivity contribution in [1.29, 1.82) is 0 Å². The largest absolute Gasteiger partial charge is 0.308 e. The summed E-state index contributed by atoms with van der Waals surface area (Å²) in [5, 5.41) is 6.98. The third-order valence-corrected chi connectivity index (χ3v) is 4.45. The Kier molecular flexibility index (Phi) is 3.75. The van der Waals surface area contributed by atoms with Crippen LogP contribution >= 0.6 is 0 Å². The minimum absolute atomic E-state index is 0.108. The van der Waals surface area contributed by atoms with Crippen LogP contribution in [0.3, 0.4) is 0 Å². The molecular formula is C18H15F2N5O. The van der Waals surface area contributed by atoms with Crippen LogP contribution < -0.4 is 5.32 Å². The van der Waals surface area contributed by atoms with E-state index in [1.165, 1.54) is 10.7 Å². The maximum atomic E-state index is 14.0. The molecule has 2 heterocycles. The van der Waals surface area contributed by atoms with E-state index in [-0.39, 0.29) is 11.6 Å². The molecule has 1 aliphatic rings. The lowest BCUT2D eigenvalue weighted by atomic mass is 10.1. The van der Waals surface area contributed by atoms with Crippen molar-refractivity contribution in [3.8, 4) is 5.69 Å². The Morgan fingerprint density at radius 3 is 2.58 bits per heavy atom. The summed E-state index contributed by atoms with van der Waals surface area (Å²) in [4.78, 5) is 21.1. The monoisotopic (exact) mass is 355 g/mol. The summed E-state index contributed by atoms with van der Waals surface area (Å²) in [6, 6.07) is 6.57. The third kappa shape index (κ3) is 2.73. The molecule has 26 heavy (non-hydrogen) atoms. The number of hydrogen-bond acceptors (Lipinski definition) is 4. The summed E-state index contributed by atoms with van der Waals surface area (Å²) in [6.45, 7) is 1.72. The van der Waals surface area contributed by atoms with Gasteiger partial charge in [0.1, 0.15) is 22.7 Å². The van der Waals surface area contributed by atoms with Gasteiger partial charge in [-0.2, -0.15) is 0 Å². The molecule has 0 spiro atoms. The Labute approximate surface area is 147 Å². The van der Waals surface area contributed by atoms with E-state index >= 15 is 0 Å². The van der Waals surface area contributed by atoms with Crippen molar-refractivity contribution in [3.05, 3.63) is 65.9 Å². The number of hydrogen-bond donors (Lipinski definition) is 1. The van der Waals surface area contributed by atoms with E-state index in [0.29, 0.717) is 30.2 Å². The molecule has 1 amide bonds. The second kappa shape index (κ2) is 5.98. The molecule has 0 atom stereocenters. The van der Waals surface area contributed by atoms with Gasteiger partial charge in [0.15, 0.2) is 11.6 Å². The first-order valence-corrected chi connectivity index (χ1v) is 8.11. The van der Waals surface area contributed by atoms with E-state index in [9.17, 15) is 13.6 Å². The molecule has 0 unspecified atom stereocenters. The molecule has 0 bridgehead atoms. The van der Waals surface area contributed by atoms with E-state index in [2.05, 4.69) is 20.4 Å².